The summed E-state index contributed by atoms with van der Waals surface area (Å²) in [7, 11) is 0. The van der Waals surface area contributed by atoms with Crippen molar-refractivity contribution in [2.75, 3.05) is 10.6 Å². The van der Waals surface area contributed by atoms with E-state index in [2.05, 4.69) is 25.9 Å². The number of amides is 2. The van der Waals surface area contributed by atoms with Gasteiger partial charge in [0.1, 0.15) is 17.3 Å². The van der Waals surface area contributed by atoms with Gasteiger partial charge < -0.3 is 21.1 Å². The maximum absolute atomic E-state index is 13.2. The van der Waals surface area contributed by atoms with E-state index in [0.717, 1.165) is 6.42 Å². The predicted molar refractivity (Wildman–Crippen MR) is 109 cm³/mol. The molecule has 2 aromatic heterocycles. The van der Waals surface area contributed by atoms with Crippen LogP contribution in [0, 0.1) is 5.92 Å². The van der Waals surface area contributed by atoms with Crippen molar-refractivity contribution in [1.82, 2.24) is 15.3 Å². The van der Waals surface area contributed by atoms with Crippen LogP contribution in [0.3, 0.4) is 0 Å². The highest BCUT2D eigenvalue weighted by Gasteiger charge is 2.28. The first kappa shape index (κ1) is 21.7. The van der Waals surface area contributed by atoms with E-state index in [4.69, 9.17) is 5.11 Å². The fraction of sp³-hybridized carbons (Fsp3) is 0.500. The Balaban J connectivity index is 1.81. The van der Waals surface area contributed by atoms with Crippen LogP contribution in [0.2, 0.25) is 0 Å². The molecule has 30 heavy (non-hydrogen) atoms. The van der Waals surface area contributed by atoms with Gasteiger partial charge in [-0.1, -0.05) is 6.42 Å². The molecule has 3 rings (SSSR count). The summed E-state index contributed by atoms with van der Waals surface area (Å²) in [5.74, 6) is 0.0215. The number of carbonyl (C=O) groups is 2. The van der Waals surface area contributed by atoms with Gasteiger partial charge in [-0.3, -0.25) is 4.79 Å². The summed E-state index contributed by atoms with van der Waals surface area (Å²) < 4.78 is 26.3. The Morgan fingerprint density at radius 2 is 2.00 bits per heavy atom. The van der Waals surface area contributed by atoms with Gasteiger partial charge in [0.25, 0.3) is 6.43 Å². The highest BCUT2D eigenvalue weighted by atomic mass is 19.3. The van der Waals surface area contributed by atoms with E-state index < -0.39 is 12.5 Å². The number of hydrogen-bond acceptors (Lipinski definition) is 5. The number of halogens is 2. The predicted octanol–water partition coefficient (Wildman–Crippen LogP) is 4.15. The molecule has 2 aromatic rings. The Morgan fingerprint density at radius 3 is 2.67 bits per heavy atom. The van der Waals surface area contributed by atoms with Crippen LogP contribution in [0.1, 0.15) is 51.7 Å². The number of fused-ring (bicyclic) bond motifs is 1. The second-order valence-corrected chi connectivity index (χ2v) is 7.79. The van der Waals surface area contributed by atoms with Crippen LogP contribution in [0.4, 0.5) is 25.2 Å². The minimum atomic E-state index is -2.71. The smallest absolute Gasteiger partial charge is 0.404 e. The van der Waals surface area contributed by atoms with Crippen LogP contribution in [0.5, 0.6) is 0 Å². The lowest BCUT2D eigenvalue weighted by molar-refractivity contribution is -0.121. The number of carbonyl (C=O) groups excluding carboxylic acids is 1. The molecule has 162 valence electrons. The van der Waals surface area contributed by atoms with Crippen LogP contribution >= 0.6 is 0 Å². The van der Waals surface area contributed by atoms with Crippen molar-refractivity contribution in [1.29, 1.82) is 0 Å². The van der Waals surface area contributed by atoms with E-state index in [0.29, 0.717) is 41.7 Å². The Hall–Kier alpha value is -3.04. The van der Waals surface area contributed by atoms with Gasteiger partial charge in [-0.2, -0.15) is 0 Å². The van der Waals surface area contributed by atoms with Gasteiger partial charge in [-0.15, -0.1) is 0 Å². The summed E-state index contributed by atoms with van der Waals surface area (Å²) in [4.78, 5) is 31.7. The summed E-state index contributed by atoms with van der Waals surface area (Å²) in [6.45, 7) is 3.74. The first-order chi connectivity index (χ1) is 14.2. The van der Waals surface area contributed by atoms with E-state index in [9.17, 15) is 18.4 Å². The zero-order valence-corrected chi connectivity index (χ0v) is 16.8. The van der Waals surface area contributed by atoms with Crippen LogP contribution in [0.15, 0.2) is 18.3 Å². The quantitative estimate of drug-likeness (QED) is 0.557. The highest BCUT2D eigenvalue weighted by Crippen LogP contribution is 2.30. The van der Waals surface area contributed by atoms with E-state index in [1.54, 1.807) is 6.07 Å². The monoisotopic (exact) mass is 421 g/mol. The maximum atomic E-state index is 13.2. The number of rotatable bonds is 6. The van der Waals surface area contributed by atoms with Crippen LogP contribution in [-0.4, -0.2) is 39.2 Å². The zero-order valence-electron chi connectivity index (χ0n) is 16.8. The Bertz CT molecular complexity index is 938. The van der Waals surface area contributed by atoms with Gasteiger partial charge in [0.05, 0.1) is 0 Å². The Labute approximate surface area is 172 Å². The third kappa shape index (κ3) is 5.31. The summed E-state index contributed by atoms with van der Waals surface area (Å²) in [5.41, 5.74) is -0.344. The number of pyridine rings is 2. The summed E-state index contributed by atoms with van der Waals surface area (Å²) in [6, 6.07) is 2.61. The van der Waals surface area contributed by atoms with E-state index in [-0.39, 0.29) is 29.6 Å². The first-order valence-corrected chi connectivity index (χ1v) is 9.88. The second kappa shape index (κ2) is 9.19. The van der Waals surface area contributed by atoms with Gasteiger partial charge in [0, 0.05) is 35.0 Å². The van der Waals surface area contributed by atoms with E-state index >= 15 is 0 Å². The van der Waals surface area contributed by atoms with Crippen LogP contribution < -0.4 is 16.0 Å². The molecule has 1 aliphatic rings. The average Bonchev–Trinajstić information content (AvgIpc) is 2.67. The van der Waals surface area contributed by atoms with Gasteiger partial charge in [0.15, 0.2) is 0 Å². The third-order valence-corrected chi connectivity index (χ3v) is 5.01. The van der Waals surface area contributed by atoms with Crippen molar-refractivity contribution in [3.8, 4) is 0 Å². The Morgan fingerprint density at radius 1 is 1.23 bits per heavy atom. The molecule has 2 heterocycles. The normalized spacial score (nSPS) is 19.1. The molecule has 0 unspecified atom stereocenters. The van der Waals surface area contributed by atoms with Crippen molar-refractivity contribution in [2.24, 2.45) is 5.92 Å². The fourth-order valence-corrected chi connectivity index (χ4v) is 3.69. The maximum Gasteiger partial charge on any atom is 0.404 e. The van der Waals surface area contributed by atoms with Gasteiger partial charge in [-0.05, 0) is 45.2 Å². The first-order valence-electron chi connectivity index (χ1n) is 9.88. The molecule has 2 atom stereocenters. The van der Waals surface area contributed by atoms with Crippen molar-refractivity contribution in [2.45, 2.75) is 58.0 Å². The zero-order chi connectivity index (χ0) is 21.8. The molecule has 4 N–H and O–H groups in total. The lowest BCUT2D eigenvalue weighted by Crippen LogP contribution is -2.40. The number of aromatic nitrogens is 2. The molecule has 0 bridgehead atoms. The molecule has 0 aliphatic heterocycles. The molecule has 1 saturated carbocycles. The molecule has 1 fully saturated rings. The van der Waals surface area contributed by atoms with E-state index in [1.807, 2.05) is 13.8 Å². The molecule has 10 heteroatoms. The van der Waals surface area contributed by atoms with Crippen molar-refractivity contribution in [3.05, 3.63) is 24.0 Å². The summed E-state index contributed by atoms with van der Waals surface area (Å²) >= 11 is 0. The second-order valence-electron chi connectivity index (χ2n) is 7.79. The van der Waals surface area contributed by atoms with E-state index in [1.165, 1.54) is 12.3 Å². The molecule has 0 saturated heterocycles. The summed E-state index contributed by atoms with van der Waals surface area (Å²) in [6.07, 6.45) is 0.156. The third-order valence-electron chi connectivity index (χ3n) is 5.01. The van der Waals surface area contributed by atoms with Crippen molar-refractivity contribution < 1.29 is 23.5 Å². The molecule has 0 radical (unpaired) electrons. The lowest BCUT2D eigenvalue weighted by Gasteiger charge is -2.28. The molecule has 1 aliphatic carbocycles. The van der Waals surface area contributed by atoms with Crippen LogP contribution in [0.25, 0.3) is 10.8 Å². The summed E-state index contributed by atoms with van der Waals surface area (Å²) in [5, 5.41) is 18.2. The van der Waals surface area contributed by atoms with Gasteiger partial charge >= 0.3 is 6.09 Å². The molecular weight excluding hydrogens is 396 g/mol. The SMILES string of the molecule is CC(C)Nc1nc(C(F)F)cc2cnc(NC(=O)[C@H]3CCC[C@@H](NC(=O)O)C3)cc12. The van der Waals surface area contributed by atoms with Crippen LogP contribution in [-0.2, 0) is 4.79 Å². The number of carboxylic acid groups (broad SMARTS) is 1. The van der Waals surface area contributed by atoms with Gasteiger partial charge in [-0.25, -0.2) is 23.5 Å². The minimum Gasteiger partial charge on any atom is -0.465 e. The van der Waals surface area contributed by atoms with Crippen molar-refractivity contribution in [3.63, 3.8) is 0 Å². The largest absolute Gasteiger partial charge is 0.465 e. The number of hydrogen-bond donors (Lipinski definition) is 4. The number of nitrogens with one attached hydrogen (secondary N) is 3. The number of nitrogens with zero attached hydrogens (tertiary/aromatic N) is 2. The molecular formula is C20H25F2N5O3. The molecule has 2 amide bonds. The minimum absolute atomic E-state index is 0.0271. The average molecular weight is 421 g/mol. The highest BCUT2D eigenvalue weighted by molar-refractivity contribution is 5.97. The van der Waals surface area contributed by atoms with Gasteiger partial charge in [0.2, 0.25) is 5.91 Å². The Kier molecular flexibility index (Phi) is 6.63. The molecule has 8 nitrogen and oxygen atoms in total. The standard InChI is InChI=1S/C20H25F2N5O3/c1-10(2)24-18-14-8-16(23-9-12(14)7-15(26-18)17(21)22)27-19(28)11-4-3-5-13(6-11)25-20(29)30/h7-11,13,17,25H,3-6H2,1-2H3,(H,24,26)(H,29,30)(H,23,27,28)/t11-,13+/m0/s1. The fourth-order valence-electron chi connectivity index (χ4n) is 3.69. The van der Waals surface area contributed by atoms with Crippen molar-refractivity contribution >= 4 is 34.4 Å². The molecule has 0 aromatic carbocycles. The lowest BCUT2D eigenvalue weighted by atomic mass is 9.85. The topological polar surface area (TPSA) is 116 Å². The number of anilines is 2. The number of alkyl halides is 2. The molecule has 0 spiro atoms.